The minimum atomic E-state index is -2.23. The Morgan fingerprint density at radius 3 is 2.00 bits per heavy atom. The molecule has 0 heterocycles. The van der Waals surface area contributed by atoms with Crippen LogP contribution in [-0.4, -0.2) is 66.8 Å². The molecule has 0 aliphatic heterocycles. The summed E-state index contributed by atoms with van der Waals surface area (Å²) in [6.07, 6.45) is -2.79. The van der Waals surface area contributed by atoms with Crippen LogP contribution < -0.4 is 0 Å². The zero-order chi connectivity index (χ0) is 16.0. The number of hydrogen-bond acceptors (Lipinski definition) is 6. The van der Waals surface area contributed by atoms with Crippen molar-refractivity contribution in [1.29, 1.82) is 0 Å². The lowest BCUT2D eigenvalue weighted by Gasteiger charge is -2.73. The van der Waals surface area contributed by atoms with Gasteiger partial charge in [0, 0.05) is 5.41 Å². The van der Waals surface area contributed by atoms with Crippen LogP contribution in [-0.2, 0) is 0 Å². The second-order valence-electron chi connectivity index (χ2n) is 8.31. The highest BCUT2D eigenvalue weighted by molar-refractivity contribution is 5.33. The molecule has 0 saturated heterocycles. The van der Waals surface area contributed by atoms with E-state index in [9.17, 15) is 30.6 Å². The predicted octanol–water partition coefficient (Wildman–Crippen LogP) is -1.39. The third-order valence-corrected chi connectivity index (χ3v) is 6.81. The van der Waals surface area contributed by atoms with Crippen molar-refractivity contribution < 1.29 is 30.6 Å². The smallest absolute Gasteiger partial charge is 0.145 e. The van der Waals surface area contributed by atoms with Gasteiger partial charge in [-0.15, -0.1) is 0 Å². The van der Waals surface area contributed by atoms with Crippen LogP contribution in [0.3, 0.4) is 0 Å². The monoisotopic (exact) mass is 302 g/mol. The number of hydrogen-bond donors (Lipinski definition) is 6. The second kappa shape index (κ2) is 3.99. The lowest BCUT2D eigenvalue weighted by molar-refractivity contribution is -0.421. The fourth-order valence-electron chi connectivity index (χ4n) is 5.62. The van der Waals surface area contributed by atoms with E-state index in [-0.39, 0.29) is 17.3 Å². The zero-order valence-corrected chi connectivity index (χ0v) is 12.7. The number of fused-ring (bicyclic) bond motifs is 3. The summed E-state index contributed by atoms with van der Waals surface area (Å²) >= 11 is 0. The second-order valence-corrected chi connectivity index (χ2v) is 8.31. The molecule has 6 N–H and O–H groups in total. The quantitative estimate of drug-likeness (QED) is 0.355. The molecule has 3 aliphatic carbocycles. The van der Waals surface area contributed by atoms with Gasteiger partial charge in [0.15, 0.2) is 0 Å². The highest BCUT2D eigenvalue weighted by atomic mass is 16.4. The van der Waals surface area contributed by atoms with Crippen LogP contribution in [0.4, 0.5) is 0 Å². The van der Waals surface area contributed by atoms with E-state index < -0.39 is 41.5 Å². The molecule has 0 aromatic rings. The standard InChI is InChI=1S/C15H26O6/c1-12(2)4-7-8(5-12)13(3)10(18)11(19)15(13,21)14(20,6-16)9(7)17/h7-11,16-21H,4-6H2,1-3H3. The minimum absolute atomic E-state index is 0.0960. The van der Waals surface area contributed by atoms with Gasteiger partial charge in [-0.1, -0.05) is 20.8 Å². The lowest BCUT2D eigenvalue weighted by Crippen LogP contribution is -2.91. The summed E-state index contributed by atoms with van der Waals surface area (Å²) in [4.78, 5) is 0. The highest BCUT2D eigenvalue weighted by Crippen LogP contribution is 2.70. The molecular formula is C15H26O6. The van der Waals surface area contributed by atoms with Crippen molar-refractivity contribution in [3.8, 4) is 0 Å². The van der Waals surface area contributed by atoms with Gasteiger partial charge in [0.25, 0.3) is 0 Å². The maximum absolute atomic E-state index is 11.0. The predicted molar refractivity (Wildman–Crippen MR) is 73.1 cm³/mol. The molecule has 3 aliphatic rings. The van der Waals surface area contributed by atoms with Gasteiger partial charge in [-0.25, -0.2) is 0 Å². The van der Waals surface area contributed by atoms with Crippen LogP contribution in [0.5, 0.6) is 0 Å². The third-order valence-electron chi connectivity index (χ3n) is 6.81. The topological polar surface area (TPSA) is 121 Å². The molecule has 8 unspecified atom stereocenters. The number of aliphatic hydroxyl groups is 6. The summed E-state index contributed by atoms with van der Waals surface area (Å²) in [6.45, 7) is 4.85. The van der Waals surface area contributed by atoms with Crippen molar-refractivity contribution in [3.63, 3.8) is 0 Å². The molecular weight excluding hydrogens is 276 g/mol. The van der Waals surface area contributed by atoms with Crippen LogP contribution in [0.15, 0.2) is 0 Å². The van der Waals surface area contributed by atoms with Crippen LogP contribution in [0.25, 0.3) is 0 Å². The zero-order valence-electron chi connectivity index (χ0n) is 12.7. The Hall–Kier alpha value is -0.240. The van der Waals surface area contributed by atoms with E-state index >= 15 is 0 Å². The van der Waals surface area contributed by atoms with Gasteiger partial charge >= 0.3 is 0 Å². The van der Waals surface area contributed by atoms with Crippen molar-refractivity contribution in [2.45, 2.75) is 63.1 Å². The van der Waals surface area contributed by atoms with E-state index in [4.69, 9.17) is 0 Å². The Morgan fingerprint density at radius 2 is 1.48 bits per heavy atom. The largest absolute Gasteiger partial charge is 0.393 e. The van der Waals surface area contributed by atoms with Crippen LogP contribution >= 0.6 is 0 Å². The van der Waals surface area contributed by atoms with Gasteiger partial charge in [0.1, 0.15) is 17.3 Å². The first-order valence-electron chi connectivity index (χ1n) is 7.57. The summed E-state index contributed by atoms with van der Waals surface area (Å²) in [7, 11) is 0. The molecule has 6 nitrogen and oxygen atoms in total. The van der Waals surface area contributed by atoms with Crippen molar-refractivity contribution in [1.82, 2.24) is 0 Å². The van der Waals surface area contributed by atoms with E-state index in [1.165, 1.54) is 0 Å². The molecule has 0 amide bonds. The molecule has 21 heavy (non-hydrogen) atoms. The van der Waals surface area contributed by atoms with Crippen molar-refractivity contribution >= 4 is 0 Å². The van der Waals surface area contributed by atoms with Gasteiger partial charge in [0.2, 0.25) is 0 Å². The number of rotatable bonds is 1. The summed E-state index contributed by atoms with van der Waals surface area (Å²) in [5.74, 6) is -0.553. The molecule has 8 atom stereocenters. The summed E-state index contributed by atoms with van der Waals surface area (Å²) in [6, 6.07) is 0. The van der Waals surface area contributed by atoms with Crippen molar-refractivity contribution in [2.75, 3.05) is 6.61 Å². The minimum Gasteiger partial charge on any atom is -0.393 e. The molecule has 6 heteroatoms. The maximum Gasteiger partial charge on any atom is 0.145 e. The van der Waals surface area contributed by atoms with Gasteiger partial charge in [0.05, 0.1) is 18.8 Å². The average Bonchev–Trinajstić information content (AvgIpc) is 2.77. The van der Waals surface area contributed by atoms with Crippen LogP contribution in [0.1, 0.15) is 33.6 Å². The Labute approximate surface area is 124 Å². The molecule has 0 radical (unpaired) electrons. The average molecular weight is 302 g/mol. The fourth-order valence-corrected chi connectivity index (χ4v) is 5.62. The van der Waals surface area contributed by atoms with E-state index in [0.717, 1.165) is 0 Å². The lowest BCUT2D eigenvalue weighted by atomic mass is 9.37. The molecule has 3 fully saturated rings. The van der Waals surface area contributed by atoms with Gasteiger partial charge < -0.3 is 30.6 Å². The summed E-state index contributed by atoms with van der Waals surface area (Å²) < 4.78 is 0. The van der Waals surface area contributed by atoms with E-state index in [0.29, 0.717) is 12.8 Å². The molecule has 122 valence electrons. The van der Waals surface area contributed by atoms with E-state index in [1.807, 2.05) is 13.8 Å². The Bertz CT molecular complexity index is 467. The first kappa shape index (κ1) is 15.6. The Kier molecular flexibility index (Phi) is 2.97. The van der Waals surface area contributed by atoms with E-state index in [1.54, 1.807) is 6.92 Å². The molecule has 3 rings (SSSR count). The Balaban J connectivity index is 2.15. The van der Waals surface area contributed by atoms with Crippen LogP contribution in [0, 0.1) is 22.7 Å². The Morgan fingerprint density at radius 1 is 0.905 bits per heavy atom. The van der Waals surface area contributed by atoms with E-state index in [2.05, 4.69) is 0 Å². The third kappa shape index (κ3) is 1.40. The molecule has 0 aromatic carbocycles. The molecule has 0 spiro atoms. The molecule has 3 saturated carbocycles. The first-order valence-corrected chi connectivity index (χ1v) is 7.57. The summed E-state index contributed by atoms with van der Waals surface area (Å²) in [5, 5.41) is 62.3. The van der Waals surface area contributed by atoms with Crippen molar-refractivity contribution in [3.05, 3.63) is 0 Å². The maximum atomic E-state index is 11.0. The van der Waals surface area contributed by atoms with Gasteiger partial charge in [-0.05, 0) is 30.1 Å². The normalized spacial score (nSPS) is 61.9. The fraction of sp³-hybridized carbons (Fsp3) is 1.00. The van der Waals surface area contributed by atoms with Gasteiger partial charge in [-0.3, -0.25) is 0 Å². The van der Waals surface area contributed by atoms with Gasteiger partial charge in [-0.2, -0.15) is 0 Å². The number of aliphatic hydroxyl groups excluding tert-OH is 4. The summed E-state index contributed by atoms with van der Waals surface area (Å²) in [5.41, 5.74) is -5.60. The molecule has 0 bridgehead atoms. The van der Waals surface area contributed by atoms with Crippen molar-refractivity contribution in [2.24, 2.45) is 22.7 Å². The first-order chi connectivity index (χ1) is 9.47. The molecule has 0 aromatic heterocycles. The SMILES string of the molecule is CC1(C)CC2C(O)C(O)(CO)C3(O)C(O)C(O)C3(C)C2C1. The van der Waals surface area contributed by atoms with Crippen LogP contribution in [0.2, 0.25) is 0 Å². The highest BCUT2D eigenvalue weighted by Gasteiger charge is 2.84.